The fourth-order valence-electron chi connectivity index (χ4n) is 1.52. The number of aryl methyl sites for hydroxylation is 1. The average Bonchev–Trinajstić information content (AvgIpc) is 2.84. The number of hydrogen-bond donors (Lipinski definition) is 2. The van der Waals surface area contributed by atoms with Crippen molar-refractivity contribution in [1.82, 2.24) is 10.2 Å². The SMILES string of the molecule is CCc1nnc(CNc2cc(Br)ccc2CO)o1. The van der Waals surface area contributed by atoms with Crippen molar-refractivity contribution in [3.8, 4) is 0 Å². The van der Waals surface area contributed by atoms with E-state index < -0.39 is 0 Å². The zero-order valence-electron chi connectivity index (χ0n) is 9.98. The summed E-state index contributed by atoms with van der Waals surface area (Å²) in [6.07, 6.45) is 0.728. The second-order valence-corrected chi connectivity index (χ2v) is 4.67. The molecule has 1 aromatic heterocycles. The minimum atomic E-state index is -0.0142. The molecule has 0 aliphatic rings. The van der Waals surface area contributed by atoms with Gasteiger partial charge in [-0.15, -0.1) is 10.2 Å². The van der Waals surface area contributed by atoms with Crippen molar-refractivity contribution < 1.29 is 9.52 Å². The van der Waals surface area contributed by atoms with Crippen LogP contribution in [0, 0.1) is 0 Å². The first-order valence-corrected chi connectivity index (χ1v) is 6.46. The molecule has 0 unspecified atom stereocenters. The number of rotatable bonds is 5. The van der Waals surface area contributed by atoms with Crippen molar-refractivity contribution in [2.45, 2.75) is 26.5 Å². The van der Waals surface area contributed by atoms with Gasteiger partial charge >= 0.3 is 0 Å². The van der Waals surface area contributed by atoms with Crippen LogP contribution in [-0.4, -0.2) is 15.3 Å². The van der Waals surface area contributed by atoms with E-state index in [4.69, 9.17) is 4.42 Å². The van der Waals surface area contributed by atoms with Gasteiger partial charge in [0.15, 0.2) is 0 Å². The minimum absolute atomic E-state index is 0.0142. The lowest BCUT2D eigenvalue weighted by atomic mass is 10.2. The normalized spacial score (nSPS) is 10.6. The number of halogens is 1. The Morgan fingerprint density at radius 3 is 2.78 bits per heavy atom. The molecule has 0 spiro atoms. The van der Waals surface area contributed by atoms with E-state index in [-0.39, 0.29) is 6.61 Å². The molecule has 0 radical (unpaired) electrons. The molecular formula is C12H14BrN3O2. The number of aliphatic hydroxyl groups is 1. The van der Waals surface area contributed by atoms with Crippen LogP contribution in [0.15, 0.2) is 27.1 Å². The summed E-state index contributed by atoms with van der Waals surface area (Å²) in [6, 6.07) is 5.65. The highest BCUT2D eigenvalue weighted by atomic mass is 79.9. The Balaban J connectivity index is 2.07. The summed E-state index contributed by atoms with van der Waals surface area (Å²) >= 11 is 3.39. The van der Waals surface area contributed by atoms with Crippen molar-refractivity contribution >= 4 is 21.6 Å². The van der Waals surface area contributed by atoms with E-state index in [1.54, 1.807) is 0 Å². The topological polar surface area (TPSA) is 71.2 Å². The van der Waals surface area contributed by atoms with Crippen LogP contribution in [0.1, 0.15) is 24.3 Å². The lowest BCUT2D eigenvalue weighted by Gasteiger charge is -2.09. The first kappa shape index (κ1) is 13.0. The summed E-state index contributed by atoms with van der Waals surface area (Å²) in [4.78, 5) is 0. The lowest BCUT2D eigenvalue weighted by molar-refractivity contribution is 0.282. The molecule has 2 N–H and O–H groups in total. The van der Waals surface area contributed by atoms with Gasteiger partial charge in [-0.3, -0.25) is 0 Å². The molecule has 0 fully saturated rings. The third-order valence-electron chi connectivity index (χ3n) is 2.48. The van der Waals surface area contributed by atoms with Crippen LogP contribution in [0.3, 0.4) is 0 Å². The Morgan fingerprint density at radius 2 is 2.11 bits per heavy atom. The predicted octanol–water partition coefficient (Wildman–Crippen LogP) is 2.50. The summed E-state index contributed by atoms with van der Waals surface area (Å²) in [6.45, 7) is 2.39. The molecule has 0 atom stereocenters. The Morgan fingerprint density at radius 1 is 1.33 bits per heavy atom. The van der Waals surface area contributed by atoms with Gasteiger partial charge in [-0.05, 0) is 12.1 Å². The van der Waals surface area contributed by atoms with E-state index in [1.807, 2.05) is 25.1 Å². The van der Waals surface area contributed by atoms with Crippen LogP contribution < -0.4 is 5.32 Å². The molecule has 96 valence electrons. The second kappa shape index (κ2) is 5.97. The highest BCUT2D eigenvalue weighted by Crippen LogP contribution is 2.22. The molecule has 2 rings (SSSR count). The molecule has 1 heterocycles. The molecule has 2 aromatic rings. The summed E-state index contributed by atoms with van der Waals surface area (Å²) < 4.78 is 6.35. The Hall–Kier alpha value is -1.40. The van der Waals surface area contributed by atoms with Crippen molar-refractivity contribution in [2.75, 3.05) is 5.32 Å². The third-order valence-corrected chi connectivity index (χ3v) is 2.98. The van der Waals surface area contributed by atoms with E-state index in [0.29, 0.717) is 18.3 Å². The van der Waals surface area contributed by atoms with Crippen LogP contribution in [0.25, 0.3) is 0 Å². The molecule has 0 saturated heterocycles. The molecule has 0 aliphatic heterocycles. The van der Waals surface area contributed by atoms with Crippen molar-refractivity contribution in [2.24, 2.45) is 0 Å². The number of nitrogens with zero attached hydrogens (tertiary/aromatic N) is 2. The quantitative estimate of drug-likeness (QED) is 0.887. The van der Waals surface area contributed by atoms with Gasteiger partial charge in [0.25, 0.3) is 0 Å². The highest BCUT2D eigenvalue weighted by Gasteiger charge is 2.06. The Kier molecular flexibility index (Phi) is 4.33. The average molecular weight is 312 g/mol. The van der Waals surface area contributed by atoms with Crippen LogP contribution >= 0.6 is 15.9 Å². The Labute approximate surface area is 113 Å². The molecule has 18 heavy (non-hydrogen) atoms. The van der Waals surface area contributed by atoms with Gasteiger partial charge in [0.2, 0.25) is 11.8 Å². The van der Waals surface area contributed by atoms with E-state index in [0.717, 1.165) is 22.1 Å². The molecule has 0 saturated carbocycles. The summed E-state index contributed by atoms with van der Waals surface area (Å²) in [5.74, 6) is 1.17. The smallest absolute Gasteiger partial charge is 0.235 e. The van der Waals surface area contributed by atoms with Gasteiger partial charge < -0.3 is 14.8 Å². The van der Waals surface area contributed by atoms with Gasteiger partial charge in [0, 0.05) is 22.1 Å². The molecule has 5 nitrogen and oxygen atoms in total. The van der Waals surface area contributed by atoms with Crippen LogP contribution in [0.5, 0.6) is 0 Å². The van der Waals surface area contributed by atoms with Gasteiger partial charge in [-0.25, -0.2) is 0 Å². The maximum absolute atomic E-state index is 9.24. The van der Waals surface area contributed by atoms with E-state index in [9.17, 15) is 5.11 Å². The van der Waals surface area contributed by atoms with Gasteiger partial charge in [-0.2, -0.15) is 0 Å². The summed E-state index contributed by atoms with van der Waals surface area (Å²) in [7, 11) is 0. The zero-order chi connectivity index (χ0) is 13.0. The molecule has 0 aliphatic carbocycles. The number of nitrogens with one attached hydrogen (secondary N) is 1. The molecule has 1 aromatic carbocycles. The lowest BCUT2D eigenvalue weighted by Crippen LogP contribution is -2.03. The van der Waals surface area contributed by atoms with Crippen LogP contribution in [0.4, 0.5) is 5.69 Å². The monoisotopic (exact) mass is 311 g/mol. The summed E-state index contributed by atoms with van der Waals surface area (Å²) in [5, 5.41) is 20.2. The second-order valence-electron chi connectivity index (χ2n) is 3.76. The van der Waals surface area contributed by atoms with E-state index in [2.05, 4.69) is 31.4 Å². The number of anilines is 1. The molecular weight excluding hydrogens is 298 g/mol. The van der Waals surface area contributed by atoms with Crippen LogP contribution in [-0.2, 0) is 19.6 Å². The van der Waals surface area contributed by atoms with Crippen molar-refractivity contribution in [3.05, 3.63) is 40.0 Å². The maximum atomic E-state index is 9.24. The zero-order valence-corrected chi connectivity index (χ0v) is 11.6. The van der Waals surface area contributed by atoms with Crippen molar-refractivity contribution in [3.63, 3.8) is 0 Å². The van der Waals surface area contributed by atoms with Gasteiger partial charge in [-0.1, -0.05) is 28.9 Å². The fourth-order valence-corrected chi connectivity index (χ4v) is 1.89. The fraction of sp³-hybridized carbons (Fsp3) is 0.333. The largest absolute Gasteiger partial charge is 0.423 e. The molecule has 6 heteroatoms. The minimum Gasteiger partial charge on any atom is -0.423 e. The molecule has 0 amide bonds. The first-order chi connectivity index (χ1) is 8.72. The number of hydrogen-bond acceptors (Lipinski definition) is 5. The number of aliphatic hydroxyl groups excluding tert-OH is 1. The third kappa shape index (κ3) is 3.08. The predicted molar refractivity (Wildman–Crippen MR) is 71.1 cm³/mol. The van der Waals surface area contributed by atoms with E-state index in [1.165, 1.54) is 0 Å². The number of benzene rings is 1. The van der Waals surface area contributed by atoms with Gasteiger partial charge in [0.05, 0.1) is 13.2 Å². The maximum Gasteiger partial charge on any atom is 0.235 e. The molecule has 0 bridgehead atoms. The first-order valence-electron chi connectivity index (χ1n) is 5.67. The van der Waals surface area contributed by atoms with E-state index >= 15 is 0 Å². The highest BCUT2D eigenvalue weighted by molar-refractivity contribution is 9.10. The van der Waals surface area contributed by atoms with Crippen molar-refractivity contribution in [1.29, 1.82) is 0 Å². The standard InChI is InChI=1S/C12H14BrN3O2/c1-2-11-15-16-12(18-11)6-14-10-5-9(13)4-3-8(10)7-17/h3-5,14,17H,2,6-7H2,1H3. The number of aromatic nitrogens is 2. The summed E-state index contributed by atoms with van der Waals surface area (Å²) in [5.41, 5.74) is 1.68. The Bertz CT molecular complexity index is 528. The van der Waals surface area contributed by atoms with Gasteiger partial charge in [0.1, 0.15) is 0 Å². The van der Waals surface area contributed by atoms with Crippen LogP contribution in [0.2, 0.25) is 0 Å².